The Kier molecular flexibility index (Phi) is 16.4. The second kappa shape index (κ2) is 16.4. The fourth-order valence-corrected chi connectivity index (χ4v) is 2.89. The average Bonchev–Trinajstić information content (AvgIpc) is 2.56. The number of unbranched alkanes of at least 4 members (excludes halogenated alkanes) is 9. The van der Waals surface area contributed by atoms with Crippen LogP contribution in [0, 0.1) is 0 Å². The number of phosphoric ester groups is 1. The molecule has 0 aromatic heterocycles. The molecule has 0 aliphatic rings. The second-order valence-electron chi connectivity index (χ2n) is 6.02. The number of hydrogen-bond acceptors (Lipinski definition) is 5. The molecule has 1 unspecified atom stereocenters. The Morgan fingerprint density at radius 1 is 1.00 bits per heavy atom. The number of nitrogens with one attached hydrogen (secondary N) is 1. The molecule has 0 aliphatic heterocycles. The molecule has 0 aromatic rings. The van der Waals surface area contributed by atoms with Gasteiger partial charge in [-0.05, 0) is 32.2 Å². The smallest absolute Gasteiger partial charge is 0.356 e. The van der Waals surface area contributed by atoms with Crippen molar-refractivity contribution in [3.63, 3.8) is 0 Å². The molecule has 24 heavy (non-hydrogen) atoms. The summed E-state index contributed by atoms with van der Waals surface area (Å²) in [6, 6.07) is 0. The monoisotopic (exact) mass is 383 g/mol. The summed E-state index contributed by atoms with van der Waals surface area (Å²) < 4.78 is 19.6. The predicted octanol–water partition coefficient (Wildman–Crippen LogP) is 4.78. The quantitative estimate of drug-likeness (QED) is 0.146. The molecule has 0 bridgehead atoms. The van der Waals surface area contributed by atoms with Gasteiger partial charge < -0.3 is 10.2 Å². The van der Waals surface area contributed by atoms with Crippen LogP contribution in [0.5, 0.6) is 0 Å². The zero-order chi connectivity index (χ0) is 18.1. The summed E-state index contributed by atoms with van der Waals surface area (Å²) in [5.41, 5.74) is 0. The van der Waals surface area contributed by atoms with Gasteiger partial charge in [0.15, 0.2) is 0 Å². The van der Waals surface area contributed by atoms with Gasteiger partial charge >= 0.3 is 7.82 Å². The first-order valence-electron chi connectivity index (χ1n) is 9.09. The van der Waals surface area contributed by atoms with Gasteiger partial charge in [-0.1, -0.05) is 58.3 Å². The van der Waals surface area contributed by atoms with Crippen molar-refractivity contribution in [2.24, 2.45) is 0 Å². The van der Waals surface area contributed by atoms with Crippen molar-refractivity contribution in [2.45, 2.75) is 84.0 Å². The van der Waals surface area contributed by atoms with Crippen molar-refractivity contribution in [3.8, 4) is 0 Å². The molecular formula is C16H34NO5PS. The van der Waals surface area contributed by atoms with Gasteiger partial charge in [0, 0.05) is 13.0 Å². The van der Waals surface area contributed by atoms with Gasteiger partial charge in [-0.15, -0.1) is 0 Å². The predicted molar refractivity (Wildman–Crippen MR) is 99.9 cm³/mol. The Hall–Kier alpha value is -0.0700. The van der Waals surface area contributed by atoms with Gasteiger partial charge in [-0.25, -0.2) is 8.54 Å². The summed E-state index contributed by atoms with van der Waals surface area (Å²) in [5.74, 6) is 0.138. The van der Waals surface area contributed by atoms with Crippen molar-refractivity contribution in [3.05, 3.63) is 0 Å². The molecule has 2 N–H and O–H groups in total. The normalized spacial score (nSPS) is 13.6. The van der Waals surface area contributed by atoms with E-state index in [0.29, 0.717) is 19.4 Å². The number of rotatable bonds is 17. The lowest BCUT2D eigenvalue weighted by atomic mass is 10.1. The Morgan fingerprint density at radius 2 is 1.58 bits per heavy atom. The number of carbonyl (C=O) groups excluding carboxylic acids is 1. The summed E-state index contributed by atoms with van der Waals surface area (Å²) >= 11 is 3.26. The lowest BCUT2D eigenvalue weighted by Gasteiger charge is -2.08. The summed E-state index contributed by atoms with van der Waals surface area (Å²) in [6.45, 7) is 3.07. The SMILES string of the molecule is CCCCCCCCCC(=O)NCCCCCCOP(=O)(O)OS. The molecule has 0 aromatic carbocycles. The Labute approximate surface area is 152 Å². The van der Waals surface area contributed by atoms with Crippen molar-refractivity contribution in [1.82, 2.24) is 5.32 Å². The highest BCUT2D eigenvalue weighted by molar-refractivity contribution is 7.80. The molecule has 0 radical (unpaired) electrons. The van der Waals surface area contributed by atoms with E-state index < -0.39 is 7.82 Å². The molecule has 0 aliphatic carbocycles. The third kappa shape index (κ3) is 16.8. The Morgan fingerprint density at radius 3 is 2.25 bits per heavy atom. The zero-order valence-corrected chi connectivity index (χ0v) is 16.7. The van der Waals surface area contributed by atoms with Crippen LogP contribution in [0.1, 0.15) is 84.0 Å². The lowest BCUT2D eigenvalue weighted by Crippen LogP contribution is -2.23. The summed E-state index contributed by atoms with van der Waals surface area (Å²) in [6.07, 6.45) is 12.5. The minimum absolute atomic E-state index is 0.138. The van der Waals surface area contributed by atoms with E-state index in [1.54, 1.807) is 0 Å². The summed E-state index contributed by atoms with van der Waals surface area (Å²) in [7, 11) is -3.96. The fraction of sp³-hybridized carbons (Fsp3) is 0.938. The van der Waals surface area contributed by atoms with Crippen molar-refractivity contribution >= 4 is 26.6 Å². The van der Waals surface area contributed by atoms with E-state index >= 15 is 0 Å². The molecule has 0 spiro atoms. The average molecular weight is 383 g/mol. The highest BCUT2D eigenvalue weighted by atomic mass is 32.1. The van der Waals surface area contributed by atoms with Crippen LogP contribution in [-0.4, -0.2) is 24.0 Å². The van der Waals surface area contributed by atoms with E-state index in [9.17, 15) is 9.36 Å². The third-order valence-electron chi connectivity index (χ3n) is 3.76. The van der Waals surface area contributed by atoms with Crippen LogP contribution in [-0.2, 0) is 17.9 Å². The van der Waals surface area contributed by atoms with Crippen LogP contribution in [0.25, 0.3) is 0 Å². The van der Waals surface area contributed by atoms with Crippen molar-refractivity contribution in [1.29, 1.82) is 0 Å². The first-order valence-corrected chi connectivity index (χ1v) is 10.9. The topological polar surface area (TPSA) is 84.9 Å². The van der Waals surface area contributed by atoms with Gasteiger partial charge in [0.2, 0.25) is 5.91 Å². The number of thiol groups is 1. The number of hydrogen-bond donors (Lipinski definition) is 3. The van der Waals surface area contributed by atoms with Gasteiger partial charge in [-0.3, -0.25) is 9.32 Å². The molecular weight excluding hydrogens is 349 g/mol. The zero-order valence-electron chi connectivity index (χ0n) is 14.9. The molecule has 6 nitrogen and oxygen atoms in total. The first kappa shape index (κ1) is 23.9. The minimum atomic E-state index is -3.96. The lowest BCUT2D eigenvalue weighted by molar-refractivity contribution is -0.121. The highest BCUT2D eigenvalue weighted by Gasteiger charge is 2.18. The van der Waals surface area contributed by atoms with Gasteiger partial charge in [0.25, 0.3) is 0 Å². The molecule has 0 saturated heterocycles. The fourth-order valence-electron chi connectivity index (χ4n) is 2.34. The second-order valence-corrected chi connectivity index (χ2v) is 7.87. The molecule has 1 atom stereocenters. The van der Waals surface area contributed by atoms with Crippen LogP contribution in [0.15, 0.2) is 0 Å². The van der Waals surface area contributed by atoms with E-state index in [-0.39, 0.29) is 12.5 Å². The van der Waals surface area contributed by atoms with Gasteiger partial charge in [0.1, 0.15) is 0 Å². The van der Waals surface area contributed by atoms with E-state index in [0.717, 1.165) is 32.1 Å². The first-order chi connectivity index (χ1) is 11.5. The molecule has 0 heterocycles. The van der Waals surface area contributed by atoms with E-state index in [2.05, 4.69) is 33.6 Å². The largest absolute Gasteiger partial charge is 0.483 e. The number of phosphoric acid groups is 1. The molecule has 1 amide bonds. The maximum Gasteiger partial charge on any atom is 0.483 e. The molecule has 0 rings (SSSR count). The summed E-state index contributed by atoms with van der Waals surface area (Å²) in [5, 5.41) is 2.93. The van der Waals surface area contributed by atoms with E-state index in [4.69, 9.17) is 4.89 Å². The third-order valence-corrected chi connectivity index (χ3v) is 5.09. The number of carbonyl (C=O) groups is 1. The van der Waals surface area contributed by atoms with Crippen LogP contribution in [0.2, 0.25) is 0 Å². The van der Waals surface area contributed by atoms with Gasteiger partial charge in [0.05, 0.1) is 6.61 Å². The Bertz CT molecular complexity index is 357. The van der Waals surface area contributed by atoms with Crippen LogP contribution < -0.4 is 5.32 Å². The van der Waals surface area contributed by atoms with Crippen LogP contribution in [0.3, 0.4) is 0 Å². The van der Waals surface area contributed by atoms with Crippen molar-refractivity contribution < 1.29 is 22.7 Å². The number of amides is 1. The maximum absolute atomic E-state index is 11.6. The summed E-state index contributed by atoms with van der Waals surface area (Å²) in [4.78, 5) is 20.6. The standard InChI is InChI=1S/C16H34NO5PS/c1-2-3-4-5-6-7-10-13-16(18)17-14-11-8-9-12-15-21-23(19,20)22-24/h24H,2-15H2,1H3,(H,17,18)(H,19,20). The maximum atomic E-state index is 11.6. The molecule has 0 saturated carbocycles. The van der Waals surface area contributed by atoms with Crippen LogP contribution in [0.4, 0.5) is 0 Å². The molecule has 144 valence electrons. The Balaban J connectivity index is 3.27. The molecule has 0 fully saturated rings. The van der Waals surface area contributed by atoms with Crippen LogP contribution >= 0.6 is 20.7 Å². The minimum Gasteiger partial charge on any atom is -0.356 e. The van der Waals surface area contributed by atoms with Crippen molar-refractivity contribution in [2.75, 3.05) is 13.2 Å². The highest BCUT2D eigenvalue weighted by Crippen LogP contribution is 2.44. The van der Waals surface area contributed by atoms with E-state index in [1.807, 2.05) is 0 Å². The molecule has 8 heteroatoms. The van der Waals surface area contributed by atoms with Gasteiger partial charge in [-0.2, -0.15) is 0 Å². The van der Waals surface area contributed by atoms with E-state index in [1.165, 1.54) is 32.1 Å².